The summed E-state index contributed by atoms with van der Waals surface area (Å²) in [4.78, 5) is 23.1. The lowest BCUT2D eigenvalue weighted by atomic mass is 9.54. The molecule has 2 aliphatic carbocycles. The van der Waals surface area contributed by atoms with Gasteiger partial charge in [0.05, 0.1) is 18.0 Å². The van der Waals surface area contributed by atoms with Crippen molar-refractivity contribution in [3.8, 4) is 0 Å². The van der Waals surface area contributed by atoms with E-state index < -0.39 is 0 Å². The maximum absolute atomic E-state index is 12.8. The molecule has 1 spiro atoms. The Kier molecular flexibility index (Phi) is 4.67. The monoisotopic (exact) mass is 317 g/mol. The van der Waals surface area contributed by atoms with Gasteiger partial charge in [0.1, 0.15) is 5.69 Å². The molecule has 0 bridgehead atoms. The largest absolute Gasteiger partial charge is 0.378 e. The van der Waals surface area contributed by atoms with E-state index in [1.165, 1.54) is 32.1 Å². The van der Waals surface area contributed by atoms with Crippen LogP contribution in [0, 0.1) is 12.3 Å². The molecule has 23 heavy (non-hydrogen) atoms. The first-order chi connectivity index (χ1) is 11.1. The molecule has 0 N–H and O–H groups in total. The highest BCUT2D eigenvalue weighted by Crippen LogP contribution is 2.55. The Balaban J connectivity index is 1.77. The molecule has 0 saturated heterocycles. The number of hydrogen-bond acceptors (Lipinski definition) is 4. The standard InChI is InChI=1S/C18H27N3O2/c1-4-23-16-10-15(18(16)8-6-5-7-9-18)21(3)17(22)14-12-19-13(2)11-20-14/h11-12,15-16H,4-10H2,1-3H3/t15-,16+/m1/s1. The molecule has 2 fully saturated rings. The fraction of sp³-hybridized carbons (Fsp3) is 0.722. The van der Waals surface area contributed by atoms with Crippen LogP contribution in [0.2, 0.25) is 0 Å². The fourth-order valence-electron chi connectivity index (χ4n) is 4.40. The van der Waals surface area contributed by atoms with Gasteiger partial charge < -0.3 is 9.64 Å². The van der Waals surface area contributed by atoms with Gasteiger partial charge in [0.25, 0.3) is 5.91 Å². The van der Waals surface area contributed by atoms with E-state index in [2.05, 4.69) is 16.9 Å². The van der Waals surface area contributed by atoms with Crippen molar-refractivity contribution in [2.24, 2.45) is 5.41 Å². The van der Waals surface area contributed by atoms with E-state index in [0.29, 0.717) is 11.8 Å². The van der Waals surface area contributed by atoms with Crippen molar-refractivity contribution in [2.75, 3.05) is 13.7 Å². The Morgan fingerprint density at radius 2 is 2.04 bits per heavy atom. The van der Waals surface area contributed by atoms with Crippen LogP contribution in [0.1, 0.15) is 61.6 Å². The zero-order valence-corrected chi connectivity index (χ0v) is 14.4. The van der Waals surface area contributed by atoms with Crippen LogP contribution in [-0.4, -0.2) is 46.6 Å². The van der Waals surface area contributed by atoms with E-state index in [4.69, 9.17) is 4.74 Å². The van der Waals surface area contributed by atoms with Crippen LogP contribution in [0.25, 0.3) is 0 Å². The third-order valence-electron chi connectivity index (χ3n) is 5.68. The zero-order chi connectivity index (χ0) is 16.4. The molecule has 0 aromatic carbocycles. The third-order valence-corrected chi connectivity index (χ3v) is 5.68. The Bertz CT molecular complexity index is 552. The molecule has 5 heteroatoms. The fourth-order valence-corrected chi connectivity index (χ4v) is 4.40. The Morgan fingerprint density at radius 3 is 2.65 bits per heavy atom. The average molecular weight is 317 g/mol. The molecule has 1 aromatic heterocycles. The maximum atomic E-state index is 12.8. The first-order valence-corrected chi connectivity index (χ1v) is 8.76. The van der Waals surface area contributed by atoms with Crippen LogP contribution in [0.5, 0.6) is 0 Å². The normalized spacial score (nSPS) is 25.9. The second-order valence-corrected chi connectivity index (χ2v) is 6.95. The molecule has 3 rings (SSSR count). The molecule has 2 aliphatic rings. The van der Waals surface area contributed by atoms with Crippen LogP contribution in [0.15, 0.2) is 12.4 Å². The number of amides is 1. The van der Waals surface area contributed by atoms with Gasteiger partial charge in [-0.05, 0) is 33.1 Å². The predicted octanol–water partition coefficient (Wildman–Crippen LogP) is 2.98. The van der Waals surface area contributed by atoms with E-state index in [-0.39, 0.29) is 17.4 Å². The summed E-state index contributed by atoms with van der Waals surface area (Å²) in [5, 5.41) is 0. The number of nitrogens with zero attached hydrogens (tertiary/aromatic N) is 3. The summed E-state index contributed by atoms with van der Waals surface area (Å²) in [7, 11) is 1.91. The van der Waals surface area contributed by atoms with Gasteiger partial charge in [-0.15, -0.1) is 0 Å². The van der Waals surface area contributed by atoms with Crippen molar-refractivity contribution in [1.29, 1.82) is 0 Å². The van der Waals surface area contributed by atoms with Gasteiger partial charge in [-0.3, -0.25) is 9.78 Å². The molecule has 1 amide bonds. The molecule has 126 valence electrons. The minimum Gasteiger partial charge on any atom is -0.378 e. The molecular weight excluding hydrogens is 290 g/mol. The second kappa shape index (κ2) is 6.56. The van der Waals surface area contributed by atoms with E-state index in [1.54, 1.807) is 12.4 Å². The number of aromatic nitrogens is 2. The highest BCUT2D eigenvalue weighted by atomic mass is 16.5. The SMILES string of the molecule is CCO[C@H]1C[C@@H](N(C)C(=O)c2cnc(C)cn2)C12CCCCC2. The van der Waals surface area contributed by atoms with Crippen molar-refractivity contribution in [3.63, 3.8) is 0 Å². The molecular formula is C18H27N3O2. The Hall–Kier alpha value is -1.49. The number of carbonyl (C=O) groups is 1. The Morgan fingerprint density at radius 1 is 1.30 bits per heavy atom. The van der Waals surface area contributed by atoms with Crippen molar-refractivity contribution < 1.29 is 9.53 Å². The second-order valence-electron chi connectivity index (χ2n) is 6.95. The lowest BCUT2D eigenvalue weighted by Gasteiger charge is -2.60. The first kappa shape index (κ1) is 16.4. The highest BCUT2D eigenvalue weighted by Gasteiger charge is 2.57. The Labute approximate surface area is 138 Å². The lowest BCUT2D eigenvalue weighted by Crippen LogP contribution is -2.65. The van der Waals surface area contributed by atoms with Crippen molar-refractivity contribution in [1.82, 2.24) is 14.9 Å². The quantitative estimate of drug-likeness (QED) is 0.856. The third kappa shape index (κ3) is 2.87. The van der Waals surface area contributed by atoms with E-state index in [1.807, 2.05) is 18.9 Å². The van der Waals surface area contributed by atoms with E-state index in [9.17, 15) is 4.79 Å². The van der Waals surface area contributed by atoms with Crippen LogP contribution in [0.4, 0.5) is 0 Å². The average Bonchev–Trinajstić information content (AvgIpc) is 2.58. The van der Waals surface area contributed by atoms with Crippen molar-refractivity contribution in [3.05, 3.63) is 23.8 Å². The van der Waals surface area contributed by atoms with Crippen molar-refractivity contribution >= 4 is 5.91 Å². The summed E-state index contributed by atoms with van der Waals surface area (Å²) in [5.41, 5.74) is 1.41. The van der Waals surface area contributed by atoms with Gasteiger partial charge in [-0.2, -0.15) is 0 Å². The highest BCUT2D eigenvalue weighted by molar-refractivity contribution is 5.92. The van der Waals surface area contributed by atoms with Crippen LogP contribution < -0.4 is 0 Å². The first-order valence-electron chi connectivity index (χ1n) is 8.76. The maximum Gasteiger partial charge on any atom is 0.274 e. The molecule has 2 atom stereocenters. The number of aryl methyl sites for hydroxylation is 1. The molecule has 1 heterocycles. The zero-order valence-electron chi connectivity index (χ0n) is 14.4. The molecule has 2 saturated carbocycles. The summed E-state index contributed by atoms with van der Waals surface area (Å²) >= 11 is 0. The van der Waals surface area contributed by atoms with Gasteiger partial charge in [0, 0.05) is 31.3 Å². The van der Waals surface area contributed by atoms with Gasteiger partial charge in [0.2, 0.25) is 0 Å². The van der Waals surface area contributed by atoms with Crippen LogP contribution in [-0.2, 0) is 4.74 Å². The summed E-state index contributed by atoms with van der Waals surface area (Å²) in [6.07, 6.45) is 10.6. The van der Waals surface area contributed by atoms with Gasteiger partial charge in [-0.25, -0.2) is 4.98 Å². The van der Waals surface area contributed by atoms with E-state index >= 15 is 0 Å². The predicted molar refractivity (Wildman–Crippen MR) is 88.2 cm³/mol. The number of ether oxygens (including phenoxy) is 1. The minimum absolute atomic E-state index is 0.0256. The molecule has 0 radical (unpaired) electrons. The molecule has 1 aromatic rings. The van der Waals surface area contributed by atoms with E-state index in [0.717, 1.165) is 18.7 Å². The lowest BCUT2D eigenvalue weighted by molar-refractivity contribution is -0.170. The summed E-state index contributed by atoms with van der Waals surface area (Å²) in [5.74, 6) is -0.0256. The summed E-state index contributed by atoms with van der Waals surface area (Å²) < 4.78 is 5.99. The van der Waals surface area contributed by atoms with Crippen LogP contribution in [0.3, 0.4) is 0 Å². The molecule has 0 unspecified atom stereocenters. The number of rotatable bonds is 4. The van der Waals surface area contributed by atoms with Gasteiger partial charge in [0.15, 0.2) is 0 Å². The summed E-state index contributed by atoms with van der Waals surface area (Å²) in [6, 6.07) is 0.259. The summed E-state index contributed by atoms with van der Waals surface area (Å²) in [6.45, 7) is 4.68. The van der Waals surface area contributed by atoms with Gasteiger partial charge in [-0.1, -0.05) is 19.3 Å². The number of hydrogen-bond donors (Lipinski definition) is 0. The minimum atomic E-state index is -0.0256. The van der Waals surface area contributed by atoms with Gasteiger partial charge >= 0.3 is 0 Å². The molecule has 0 aliphatic heterocycles. The molecule has 5 nitrogen and oxygen atoms in total. The number of carbonyl (C=O) groups excluding carboxylic acids is 1. The van der Waals surface area contributed by atoms with Crippen molar-refractivity contribution in [2.45, 2.75) is 64.5 Å². The van der Waals surface area contributed by atoms with Crippen LogP contribution >= 0.6 is 0 Å². The topological polar surface area (TPSA) is 55.3 Å². The smallest absolute Gasteiger partial charge is 0.274 e.